The number of rotatable bonds is 3. The van der Waals surface area contributed by atoms with Gasteiger partial charge in [-0.25, -0.2) is 4.98 Å². The van der Waals surface area contributed by atoms with Gasteiger partial charge in [-0.05, 0) is 30.2 Å². The van der Waals surface area contributed by atoms with Crippen molar-refractivity contribution >= 4 is 10.9 Å². The molecule has 1 aromatic carbocycles. The summed E-state index contributed by atoms with van der Waals surface area (Å²) < 4.78 is 12.3. The number of hydrogen-bond donors (Lipinski definition) is 0. The maximum Gasteiger partial charge on any atom is 0.262 e. The van der Waals surface area contributed by atoms with Crippen LogP contribution in [0.25, 0.3) is 10.9 Å². The summed E-state index contributed by atoms with van der Waals surface area (Å²) in [5.41, 5.74) is 1.68. The molecule has 0 spiro atoms. The molecule has 1 aliphatic heterocycles. The van der Waals surface area contributed by atoms with Gasteiger partial charge < -0.3 is 9.47 Å². The smallest absolute Gasteiger partial charge is 0.262 e. The van der Waals surface area contributed by atoms with Gasteiger partial charge in [0, 0.05) is 18.9 Å². The van der Waals surface area contributed by atoms with Gasteiger partial charge >= 0.3 is 0 Å². The first-order chi connectivity index (χ1) is 10.8. The molecule has 0 bridgehead atoms. The van der Waals surface area contributed by atoms with Gasteiger partial charge in [-0.3, -0.25) is 14.3 Å². The van der Waals surface area contributed by atoms with Crippen LogP contribution in [0.3, 0.4) is 0 Å². The molecule has 0 amide bonds. The lowest BCUT2D eigenvalue weighted by atomic mass is 10.1. The Morgan fingerprint density at radius 1 is 1.18 bits per heavy atom. The highest BCUT2D eigenvalue weighted by atomic mass is 16.7. The monoisotopic (exact) mass is 295 g/mol. The molecule has 0 radical (unpaired) electrons. The Balaban J connectivity index is 1.59. The lowest BCUT2D eigenvalue weighted by molar-refractivity contribution is 0.174. The lowest BCUT2D eigenvalue weighted by Gasteiger charge is -2.07. The second-order valence-corrected chi connectivity index (χ2v) is 5.07. The predicted octanol–water partition coefficient (Wildman–Crippen LogP) is 1.76. The fourth-order valence-corrected chi connectivity index (χ4v) is 2.51. The van der Waals surface area contributed by atoms with Crippen LogP contribution in [0.4, 0.5) is 0 Å². The van der Waals surface area contributed by atoms with E-state index < -0.39 is 0 Å². The molecule has 0 N–H and O–H groups in total. The summed E-state index contributed by atoms with van der Waals surface area (Å²) in [6.45, 7) is 0.816. The van der Waals surface area contributed by atoms with E-state index in [2.05, 4.69) is 9.97 Å². The zero-order valence-corrected chi connectivity index (χ0v) is 11.7. The van der Waals surface area contributed by atoms with E-state index >= 15 is 0 Å². The minimum atomic E-state index is -0.0705. The van der Waals surface area contributed by atoms with Gasteiger partial charge in [-0.1, -0.05) is 6.07 Å². The molecule has 6 nitrogen and oxygen atoms in total. The first-order valence-corrected chi connectivity index (χ1v) is 6.99. The van der Waals surface area contributed by atoms with Crippen LogP contribution in [0.2, 0.25) is 0 Å². The highest BCUT2D eigenvalue weighted by molar-refractivity contribution is 5.75. The van der Waals surface area contributed by atoms with Crippen molar-refractivity contribution in [2.75, 3.05) is 6.79 Å². The second kappa shape index (κ2) is 5.14. The Bertz CT molecular complexity index is 905. The highest BCUT2D eigenvalue weighted by Crippen LogP contribution is 2.32. The number of aryl methyl sites for hydroxylation is 2. The normalized spacial score (nSPS) is 12.7. The summed E-state index contributed by atoms with van der Waals surface area (Å²) in [5.74, 6) is 1.52. The van der Waals surface area contributed by atoms with Crippen LogP contribution in [-0.4, -0.2) is 21.3 Å². The molecule has 3 aromatic rings. The van der Waals surface area contributed by atoms with Crippen molar-refractivity contribution in [1.29, 1.82) is 0 Å². The van der Waals surface area contributed by atoms with E-state index in [0.717, 1.165) is 17.1 Å². The maximum atomic E-state index is 12.4. The summed E-state index contributed by atoms with van der Waals surface area (Å²) in [7, 11) is 0. The van der Waals surface area contributed by atoms with E-state index in [1.54, 1.807) is 29.4 Å². The lowest BCUT2D eigenvalue weighted by Crippen LogP contribution is -2.21. The third-order valence-electron chi connectivity index (χ3n) is 3.70. The van der Waals surface area contributed by atoms with Crippen molar-refractivity contribution in [2.45, 2.75) is 13.0 Å². The number of nitrogens with zero attached hydrogens (tertiary/aromatic N) is 3. The van der Waals surface area contributed by atoms with Crippen LogP contribution in [0.1, 0.15) is 5.56 Å². The maximum absolute atomic E-state index is 12.4. The Labute approximate surface area is 126 Å². The molecular formula is C16H13N3O3. The van der Waals surface area contributed by atoms with E-state index in [4.69, 9.17) is 9.47 Å². The molecular weight excluding hydrogens is 282 g/mol. The number of hydrogen-bond acceptors (Lipinski definition) is 5. The van der Waals surface area contributed by atoms with Gasteiger partial charge in [0.15, 0.2) is 11.5 Å². The number of aromatic nitrogens is 3. The van der Waals surface area contributed by atoms with Crippen molar-refractivity contribution in [3.8, 4) is 11.5 Å². The second-order valence-electron chi connectivity index (χ2n) is 5.07. The van der Waals surface area contributed by atoms with Crippen LogP contribution < -0.4 is 15.0 Å². The Kier molecular flexibility index (Phi) is 3.00. The Morgan fingerprint density at radius 3 is 3.05 bits per heavy atom. The largest absolute Gasteiger partial charge is 0.454 e. The van der Waals surface area contributed by atoms with E-state index in [-0.39, 0.29) is 12.4 Å². The van der Waals surface area contributed by atoms with E-state index in [0.29, 0.717) is 23.9 Å². The van der Waals surface area contributed by atoms with Crippen molar-refractivity contribution in [3.63, 3.8) is 0 Å². The molecule has 0 saturated carbocycles. The van der Waals surface area contributed by atoms with Gasteiger partial charge in [0.25, 0.3) is 5.56 Å². The van der Waals surface area contributed by atoms with Crippen molar-refractivity contribution in [3.05, 3.63) is 58.9 Å². The average Bonchev–Trinajstić information content (AvgIpc) is 3.02. The molecule has 4 rings (SSSR count). The zero-order valence-electron chi connectivity index (χ0n) is 11.7. The molecule has 22 heavy (non-hydrogen) atoms. The Hall–Kier alpha value is -2.89. The number of benzene rings is 1. The van der Waals surface area contributed by atoms with E-state index in [1.165, 1.54) is 0 Å². The molecule has 0 fully saturated rings. The van der Waals surface area contributed by atoms with E-state index in [1.807, 2.05) is 18.2 Å². The molecule has 3 heterocycles. The van der Waals surface area contributed by atoms with Crippen LogP contribution in [0, 0.1) is 0 Å². The first kappa shape index (κ1) is 12.8. The highest BCUT2D eigenvalue weighted by Gasteiger charge is 2.13. The molecule has 0 saturated heterocycles. The van der Waals surface area contributed by atoms with Crippen LogP contribution >= 0.6 is 0 Å². The minimum Gasteiger partial charge on any atom is -0.454 e. The van der Waals surface area contributed by atoms with Crippen LogP contribution in [-0.2, 0) is 13.0 Å². The third kappa shape index (κ3) is 2.18. The van der Waals surface area contributed by atoms with Crippen molar-refractivity contribution in [2.24, 2.45) is 0 Å². The minimum absolute atomic E-state index is 0.0705. The van der Waals surface area contributed by atoms with Crippen LogP contribution in [0.5, 0.6) is 11.5 Å². The molecule has 2 aromatic heterocycles. The average molecular weight is 295 g/mol. The van der Waals surface area contributed by atoms with Crippen LogP contribution in [0.15, 0.2) is 47.8 Å². The van der Waals surface area contributed by atoms with E-state index in [9.17, 15) is 4.79 Å². The molecule has 1 aliphatic rings. The molecule has 0 aliphatic carbocycles. The number of fused-ring (bicyclic) bond motifs is 2. The standard InChI is InChI=1S/C16H13N3O3/c20-16-12-8-17-5-3-13(12)18-9-19(16)6-4-11-1-2-14-15(7-11)22-10-21-14/h1-3,5,7-9H,4,6,10H2. The van der Waals surface area contributed by atoms with Crippen molar-refractivity contribution < 1.29 is 9.47 Å². The van der Waals surface area contributed by atoms with Gasteiger partial charge in [-0.2, -0.15) is 0 Å². The van der Waals surface area contributed by atoms with Gasteiger partial charge in [0.05, 0.1) is 17.2 Å². The zero-order chi connectivity index (χ0) is 14.9. The van der Waals surface area contributed by atoms with Gasteiger partial charge in [-0.15, -0.1) is 0 Å². The summed E-state index contributed by atoms with van der Waals surface area (Å²) in [4.78, 5) is 20.7. The third-order valence-corrected chi connectivity index (χ3v) is 3.70. The summed E-state index contributed by atoms with van der Waals surface area (Å²) >= 11 is 0. The fraction of sp³-hybridized carbons (Fsp3) is 0.188. The summed E-state index contributed by atoms with van der Waals surface area (Å²) in [6, 6.07) is 7.56. The Morgan fingerprint density at radius 2 is 2.09 bits per heavy atom. The topological polar surface area (TPSA) is 66.2 Å². The molecule has 6 heteroatoms. The van der Waals surface area contributed by atoms with Crippen molar-refractivity contribution in [1.82, 2.24) is 14.5 Å². The molecule has 0 atom stereocenters. The number of ether oxygens (including phenoxy) is 2. The SMILES string of the molecule is O=c1c2cnccc2ncn1CCc1ccc2c(c1)OCO2. The quantitative estimate of drug-likeness (QED) is 0.736. The molecule has 110 valence electrons. The van der Waals surface area contributed by atoms with Gasteiger partial charge in [0.2, 0.25) is 6.79 Å². The number of pyridine rings is 1. The predicted molar refractivity (Wildman–Crippen MR) is 80.1 cm³/mol. The first-order valence-electron chi connectivity index (χ1n) is 6.99. The molecule has 0 unspecified atom stereocenters. The summed E-state index contributed by atoms with van der Waals surface area (Å²) in [5, 5.41) is 0.538. The fourth-order valence-electron chi connectivity index (χ4n) is 2.51. The van der Waals surface area contributed by atoms with Gasteiger partial charge in [0.1, 0.15) is 0 Å². The summed E-state index contributed by atoms with van der Waals surface area (Å²) in [6.07, 6.45) is 5.48.